The molecule has 5 rings (SSSR count). The maximum absolute atomic E-state index is 13.5. The van der Waals surface area contributed by atoms with E-state index in [0.717, 1.165) is 25.4 Å². The standard InChI is InChI=1S/C24H34N2OS/c1-17-6-2-5-9-21(17)23-22-16-25(20-10-12-28-13-11-20)14-19(22)15-26(23)24(27)18-7-3-4-8-18/h2,5-6,9,18-20,22-23H,3-4,7-8,10-16H2,1H3/t19-,22-,23+/m0/s1. The highest BCUT2D eigenvalue weighted by Gasteiger charge is 2.51. The highest BCUT2D eigenvalue weighted by atomic mass is 32.2. The van der Waals surface area contributed by atoms with Crippen LogP contribution in [0.2, 0.25) is 0 Å². The van der Waals surface area contributed by atoms with Crippen LogP contribution in [0.15, 0.2) is 24.3 Å². The first-order valence-corrected chi connectivity index (χ1v) is 12.6. The van der Waals surface area contributed by atoms with Crippen molar-refractivity contribution in [3.63, 3.8) is 0 Å². The second-order valence-corrected chi connectivity index (χ2v) is 10.7. The summed E-state index contributed by atoms with van der Waals surface area (Å²) in [6.07, 6.45) is 7.39. The number of rotatable bonds is 3. The minimum atomic E-state index is 0.289. The van der Waals surface area contributed by atoms with Crippen molar-refractivity contribution in [2.24, 2.45) is 17.8 Å². The number of nitrogens with zero attached hydrogens (tertiary/aromatic N) is 2. The third-order valence-electron chi connectivity index (χ3n) is 7.89. The van der Waals surface area contributed by atoms with Crippen molar-refractivity contribution in [3.8, 4) is 0 Å². The quantitative estimate of drug-likeness (QED) is 0.748. The van der Waals surface area contributed by atoms with Gasteiger partial charge < -0.3 is 4.90 Å². The van der Waals surface area contributed by atoms with Gasteiger partial charge in [0.25, 0.3) is 0 Å². The van der Waals surface area contributed by atoms with E-state index in [2.05, 4.69) is 52.8 Å². The predicted octanol–water partition coefficient (Wildman–Crippen LogP) is 4.51. The first-order chi connectivity index (χ1) is 13.7. The Morgan fingerprint density at radius 1 is 1.00 bits per heavy atom. The van der Waals surface area contributed by atoms with Gasteiger partial charge >= 0.3 is 0 Å². The van der Waals surface area contributed by atoms with Crippen molar-refractivity contribution < 1.29 is 4.79 Å². The van der Waals surface area contributed by atoms with Crippen LogP contribution in [0.1, 0.15) is 55.7 Å². The van der Waals surface area contributed by atoms with E-state index >= 15 is 0 Å². The summed E-state index contributed by atoms with van der Waals surface area (Å²) in [6.45, 7) is 5.60. The molecule has 3 atom stereocenters. The molecule has 0 unspecified atom stereocenters. The van der Waals surface area contributed by atoms with E-state index in [9.17, 15) is 4.79 Å². The molecule has 1 amide bonds. The Morgan fingerprint density at radius 2 is 1.75 bits per heavy atom. The molecule has 0 bridgehead atoms. The fourth-order valence-electron chi connectivity index (χ4n) is 6.38. The fourth-order valence-corrected chi connectivity index (χ4v) is 7.46. The lowest BCUT2D eigenvalue weighted by molar-refractivity contribution is -0.137. The minimum absolute atomic E-state index is 0.289. The van der Waals surface area contributed by atoms with Crippen molar-refractivity contribution in [3.05, 3.63) is 35.4 Å². The number of likely N-dealkylation sites (tertiary alicyclic amines) is 2. The molecule has 3 aliphatic heterocycles. The summed E-state index contributed by atoms with van der Waals surface area (Å²) >= 11 is 2.12. The molecule has 1 aromatic rings. The first-order valence-electron chi connectivity index (χ1n) is 11.4. The predicted molar refractivity (Wildman–Crippen MR) is 116 cm³/mol. The number of amides is 1. The van der Waals surface area contributed by atoms with Gasteiger partial charge in [-0.15, -0.1) is 0 Å². The Kier molecular flexibility index (Phi) is 5.44. The molecule has 4 heteroatoms. The molecule has 0 radical (unpaired) electrons. The van der Waals surface area contributed by atoms with E-state index in [1.807, 2.05) is 0 Å². The maximum Gasteiger partial charge on any atom is 0.226 e. The molecule has 4 aliphatic rings. The third kappa shape index (κ3) is 3.41. The summed E-state index contributed by atoms with van der Waals surface area (Å²) in [5.41, 5.74) is 2.76. The van der Waals surface area contributed by atoms with Crippen LogP contribution in [0.4, 0.5) is 0 Å². The highest BCUT2D eigenvalue weighted by Crippen LogP contribution is 2.48. The average Bonchev–Trinajstić information content (AvgIpc) is 3.45. The van der Waals surface area contributed by atoms with Gasteiger partial charge in [0.1, 0.15) is 0 Å². The zero-order chi connectivity index (χ0) is 19.1. The summed E-state index contributed by atoms with van der Waals surface area (Å²) in [6, 6.07) is 9.89. The van der Waals surface area contributed by atoms with Crippen LogP contribution in [0.3, 0.4) is 0 Å². The second-order valence-electron chi connectivity index (χ2n) is 9.49. The lowest BCUT2D eigenvalue weighted by atomic mass is 9.87. The molecule has 0 N–H and O–H groups in total. The summed E-state index contributed by atoms with van der Waals surface area (Å²) in [7, 11) is 0. The Labute approximate surface area is 174 Å². The molecule has 28 heavy (non-hydrogen) atoms. The molecular weight excluding hydrogens is 364 g/mol. The first kappa shape index (κ1) is 19.0. The van der Waals surface area contributed by atoms with Gasteiger partial charge in [-0.05, 0) is 61.2 Å². The zero-order valence-corrected chi connectivity index (χ0v) is 18.0. The normalized spacial score (nSPS) is 32.2. The lowest BCUT2D eigenvalue weighted by Gasteiger charge is -2.35. The summed E-state index contributed by atoms with van der Waals surface area (Å²) in [5.74, 6) is 4.66. The zero-order valence-electron chi connectivity index (χ0n) is 17.2. The Balaban J connectivity index is 1.41. The van der Waals surface area contributed by atoms with Crippen molar-refractivity contribution in [2.75, 3.05) is 31.1 Å². The van der Waals surface area contributed by atoms with Gasteiger partial charge in [-0.25, -0.2) is 0 Å². The van der Waals surface area contributed by atoms with Crippen LogP contribution in [-0.4, -0.2) is 52.9 Å². The smallest absolute Gasteiger partial charge is 0.226 e. The van der Waals surface area contributed by atoms with Gasteiger partial charge in [-0.2, -0.15) is 11.8 Å². The van der Waals surface area contributed by atoms with Gasteiger partial charge in [0, 0.05) is 37.5 Å². The number of benzene rings is 1. The monoisotopic (exact) mass is 398 g/mol. The SMILES string of the molecule is Cc1ccccc1[C@@H]1[C@H]2CN(C3CCSCC3)C[C@H]2CN1C(=O)C1CCCC1. The number of thioether (sulfide) groups is 1. The fraction of sp³-hybridized carbons (Fsp3) is 0.708. The molecular formula is C24H34N2OS. The lowest BCUT2D eigenvalue weighted by Crippen LogP contribution is -2.41. The topological polar surface area (TPSA) is 23.6 Å². The van der Waals surface area contributed by atoms with Crippen LogP contribution < -0.4 is 0 Å². The van der Waals surface area contributed by atoms with Gasteiger partial charge in [-0.3, -0.25) is 9.69 Å². The number of aryl methyl sites for hydroxylation is 1. The van der Waals surface area contributed by atoms with Crippen molar-refractivity contribution in [2.45, 2.75) is 57.5 Å². The number of fused-ring (bicyclic) bond motifs is 1. The van der Waals surface area contributed by atoms with E-state index in [1.165, 1.54) is 61.4 Å². The van der Waals surface area contributed by atoms with Crippen LogP contribution in [0, 0.1) is 24.7 Å². The second kappa shape index (κ2) is 8.02. The third-order valence-corrected chi connectivity index (χ3v) is 8.94. The number of carbonyl (C=O) groups excluding carboxylic acids is 1. The summed E-state index contributed by atoms with van der Waals surface area (Å²) < 4.78 is 0. The van der Waals surface area contributed by atoms with Gasteiger partial charge in [0.2, 0.25) is 5.91 Å². The maximum atomic E-state index is 13.5. The highest BCUT2D eigenvalue weighted by molar-refractivity contribution is 7.99. The van der Waals surface area contributed by atoms with Crippen molar-refractivity contribution >= 4 is 17.7 Å². The van der Waals surface area contributed by atoms with E-state index in [4.69, 9.17) is 0 Å². The molecule has 4 fully saturated rings. The van der Waals surface area contributed by atoms with Crippen LogP contribution in [0.25, 0.3) is 0 Å². The Hall–Kier alpha value is -1.00. The van der Waals surface area contributed by atoms with Crippen LogP contribution >= 0.6 is 11.8 Å². The molecule has 1 aromatic carbocycles. The van der Waals surface area contributed by atoms with Crippen molar-refractivity contribution in [1.29, 1.82) is 0 Å². The molecule has 3 nitrogen and oxygen atoms in total. The summed E-state index contributed by atoms with van der Waals surface area (Å²) in [4.78, 5) is 18.6. The molecule has 0 spiro atoms. The molecule has 3 heterocycles. The van der Waals surface area contributed by atoms with Crippen LogP contribution in [0.5, 0.6) is 0 Å². The van der Waals surface area contributed by atoms with Gasteiger partial charge in [-0.1, -0.05) is 37.1 Å². The van der Waals surface area contributed by atoms with Crippen LogP contribution in [-0.2, 0) is 4.79 Å². The number of hydrogen-bond acceptors (Lipinski definition) is 3. The largest absolute Gasteiger partial charge is 0.335 e. The Bertz CT molecular complexity index is 710. The van der Waals surface area contributed by atoms with E-state index in [1.54, 1.807) is 0 Å². The minimum Gasteiger partial charge on any atom is -0.335 e. The molecule has 1 aliphatic carbocycles. The van der Waals surface area contributed by atoms with Gasteiger partial charge in [0.05, 0.1) is 6.04 Å². The van der Waals surface area contributed by atoms with Crippen molar-refractivity contribution in [1.82, 2.24) is 9.80 Å². The van der Waals surface area contributed by atoms with E-state index in [-0.39, 0.29) is 5.92 Å². The van der Waals surface area contributed by atoms with E-state index in [0.29, 0.717) is 23.8 Å². The average molecular weight is 399 g/mol. The molecule has 152 valence electrons. The summed E-state index contributed by atoms with van der Waals surface area (Å²) in [5, 5.41) is 0. The van der Waals surface area contributed by atoms with Gasteiger partial charge in [0.15, 0.2) is 0 Å². The molecule has 1 saturated carbocycles. The Morgan fingerprint density at radius 3 is 2.50 bits per heavy atom. The van der Waals surface area contributed by atoms with E-state index < -0.39 is 0 Å². The number of carbonyl (C=O) groups is 1. The number of hydrogen-bond donors (Lipinski definition) is 0. The molecule has 3 saturated heterocycles. The molecule has 0 aromatic heterocycles.